The topological polar surface area (TPSA) is 30.0 Å². The summed E-state index contributed by atoms with van der Waals surface area (Å²) in [7, 11) is 0. The summed E-state index contributed by atoms with van der Waals surface area (Å²) in [5.41, 5.74) is 1.72. The van der Waals surface area contributed by atoms with Crippen molar-refractivity contribution >= 4 is 33.6 Å². The highest BCUT2D eigenvalue weighted by atomic mass is 79.9. The van der Waals surface area contributed by atoms with E-state index in [0.717, 1.165) is 20.6 Å². The van der Waals surface area contributed by atoms with Gasteiger partial charge in [-0.2, -0.15) is 0 Å². The first kappa shape index (κ1) is 9.55. The summed E-state index contributed by atoms with van der Waals surface area (Å²) in [5.74, 6) is 0. The molecule has 0 aliphatic carbocycles. The maximum atomic E-state index is 10.4. The second-order valence-corrected chi connectivity index (χ2v) is 5.12. The van der Waals surface area contributed by atoms with Crippen molar-refractivity contribution in [1.82, 2.24) is 4.98 Å². The zero-order valence-corrected chi connectivity index (χ0v) is 9.51. The van der Waals surface area contributed by atoms with E-state index in [1.165, 1.54) is 0 Å². The van der Waals surface area contributed by atoms with Gasteiger partial charge in [0.2, 0.25) is 0 Å². The lowest BCUT2D eigenvalue weighted by atomic mass is 10.2. The molecule has 2 aromatic rings. The van der Waals surface area contributed by atoms with Crippen LogP contribution in [0, 0.1) is 0 Å². The summed E-state index contributed by atoms with van der Waals surface area (Å²) in [4.78, 5) is 14.7. The van der Waals surface area contributed by atoms with Gasteiger partial charge >= 0.3 is 0 Å². The Morgan fingerprint density at radius 3 is 2.50 bits per heavy atom. The van der Waals surface area contributed by atoms with Crippen LogP contribution < -0.4 is 0 Å². The molecule has 0 saturated carbocycles. The Hall–Kier alpha value is -1.00. The molecule has 0 aliphatic rings. The fourth-order valence-electron chi connectivity index (χ4n) is 1.09. The highest BCUT2D eigenvalue weighted by Gasteiger charge is 2.02. The van der Waals surface area contributed by atoms with Crippen LogP contribution in [0.3, 0.4) is 0 Å². The maximum Gasteiger partial charge on any atom is 0.150 e. The van der Waals surface area contributed by atoms with Crippen LogP contribution in [0.4, 0.5) is 0 Å². The highest BCUT2D eigenvalue weighted by Crippen LogP contribution is 2.28. The predicted molar refractivity (Wildman–Crippen MR) is 60.6 cm³/mol. The van der Waals surface area contributed by atoms with Gasteiger partial charge in [-0.1, -0.05) is 24.3 Å². The first-order chi connectivity index (χ1) is 6.79. The van der Waals surface area contributed by atoms with Crippen LogP contribution >= 0.6 is 27.3 Å². The van der Waals surface area contributed by atoms with Gasteiger partial charge in [0, 0.05) is 11.1 Å². The van der Waals surface area contributed by atoms with E-state index in [-0.39, 0.29) is 0 Å². The van der Waals surface area contributed by atoms with Crippen LogP contribution in [0.15, 0.2) is 34.2 Å². The number of halogens is 1. The fourth-order valence-corrected chi connectivity index (χ4v) is 2.30. The highest BCUT2D eigenvalue weighted by molar-refractivity contribution is 9.11. The molecule has 2 rings (SSSR count). The van der Waals surface area contributed by atoms with Gasteiger partial charge in [0.1, 0.15) is 11.3 Å². The van der Waals surface area contributed by atoms with Gasteiger partial charge in [-0.05, 0) is 15.9 Å². The minimum Gasteiger partial charge on any atom is -0.298 e. The van der Waals surface area contributed by atoms with E-state index >= 15 is 0 Å². The van der Waals surface area contributed by atoms with Crippen LogP contribution in [0.5, 0.6) is 0 Å². The third kappa shape index (κ3) is 1.91. The van der Waals surface area contributed by atoms with Crippen molar-refractivity contribution in [3.8, 4) is 10.6 Å². The van der Waals surface area contributed by atoms with Gasteiger partial charge in [-0.15, -0.1) is 11.3 Å². The average molecular weight is 268 g/mol. The summed E-state index contributed by atoms with van der Waals surface area (Å²) < 4.78 is 1.01. The lowest BCUT2D eigenvalue weighted by Gasteiger charge is -1.95. The van der Waals surface area contributed by atoms with Crippen molar-refractivity contribution in [3.05, 3.63) is 39.8 Å². The van der Waals surface area contributed by atoms with Crippen molar-refractivity contribution in [2.45, 2.75) is 0 Å². The van der Waals surface area contributed by atoms with Crippen molar-refractivity contribution < 1.29 is 4.79 Å². The van der Waals surface area contributed by atoms with Crippen LogP contribution in [-0.2, 0) is 0 Å². The normalized spacial score (nSPS) is 10.1. The number of hydrogen-bond donors (Lipinski definition) is 0. The minimum atomic E-state index is 0.685. The van der Waals surface area contributed by atoms with Gasteiger partial charge < -0.3 is 0 Å². The molecule has 0 unspecified atom stereocenters. The molecule has 0 amide bonds. The predicted octanol–water partition coefficient (Wildman–Crippen LogP) is 3.39. The van der Waals surface area contributed by atoms with Crippen molar-refractivity contribution in [3.63, 3.8) is 0 Å². The number of carbonyl (C=O) groups excluding carboxylic acids is 1. The van der Waals surface area contributed by atoms with Gasteiger partial charge in [0.15, 0.2) is 0 Å². The van der Waals surface area contributed by atoms with Gasteiger partial charge in [0.25, 0.3) is 0 Å². The van der Waals surface area contributed by atoms with E-state index in [4.69, 9.17) is 0 Å². The largest absolute Gasteiger partial charge is 0.298 e. The van der Waals surface area contributed by atoms with Gasteiger partial charge in [-0.3, -0.25) is 4.79 Å². The van der Waals surface area contributed by atoms with E-state index in [2.05, 4.69) is 20.9 Å². The minimum absolute atomic E-state index is 0.685. The van der Waals surface area contributed by atoms with Crippen LogP contribution in [0.2, 0.25) is 0 Å². The lowest BCUT2D eigenvalue weighted by molar-refractivity contribution is 0.112. The zero-order valence-electron chi connectivity index (χ0n) is 7.11. The number of benzene rings is 1. The number of rotatable bonds is 2. The fraction of sp³-hybridized carbons (Fsp3) is 0. The van der Waals surface area contributed by atoms with Crippen molar-refractivity contribution in [2.24, 2.45) is 0 Å². The molecule has 0 saturated heterocycles. The Labute approximate surface area is 93.7 Å². The van der Waals surface area contributed by atoms with Crippen molar-refractivity contribution in [1.29, 1.82) is 0 Å². The number of aldehydes is 1. The molecule has 0 fully saturated rings. The summed E-state index contributed by atoms with van der Waals surface area (Å²) in [6, 6.07) is 7.37. The number of thiazole rings is 1. The molecule has 1 aromatic carbocycles. The summed E-state index contributed by atoms with van der Waals surface area (Å²) in [5, 5.41) is 0.953. The molecule has 0 radical (unpaired) electrons. The molecule has 0 atom stereocenters. The third-order valence-electron chi connectivity index (χ3n) is 1.77. The quantitative estimate of drug-likeness (QED) is 0.781. The molecule has 2 nitrogen and oxygen atoms in total. The van der Waals surface area contributed by atoms with Crippen LogP contribution in [-0.4, -0.2) is 11.3 Å². The van der Waals surface area contributed by atoms with E-state index < -0.39 is 0 Å². The average Bonchev–Trinajstić information content (AvgIpc) is 2.65. The number of hydrogen-bond acceptors (Lipinski definition) is 3. The second kappa shape index (κ2) is 4.02. The molecule has 0 aliphatic heterocycles. The molecule has 0 bridgehead atoms. The Kier molecular flexibility index (Phi) is 2.74. The molecular formula is C10H6BrNOS. The first-order valence-electron chi connectivity index (χ1n) is 3.96. The van der Waals surface area contributed by atoms with E-state index in [1.807, 2.05) is 12.1 Å². The monoisotopic (exact) mass is 267 g/mol. The van der Waals surface area contributed by atoms with Gasteiger partial charge in [-0.25, -0.2) is 4.98 Å². The zero-order chi connectivity index (χ0) is 9.97. The molecule has 0 N–H and O–H groups in total. The van der Waals surface area contributed by atoms with E-state index in [0.29, 0.717) is 5.56 Å². The molecule has 1 heterocycles. The Balaban J connectivity index is 2.38. The van der Waals surface area contributed by atoms with E-state index in [9.17, 15) is 4.79 Å². The molecule has 0 spiro atoms. The molecule has 1 aromatic heterocycles. The third-order valence-corrected chi connectivity index (χ3v) is 3.30. The van der Waals surface area contributed by atoms with E-state index in [1.54, 1.807) is 29.7 Å². The Morgan fingerprint density at radius 2 is 2.00 bits per heavy atom. The molecular weight excluding hydrogens is 262 g/mol. The summed E-state index contributed by atoms with van der Waals surface area (Å²) in [6.45, 7) is 0. The number of aromatic nitrogens is 1. The summed E-state index contributed by atoms with van der Waals surface area (Å²) in [6.07, 6.45) is 2.61. The molecule has 4 heteroatoms. The van der Waals surface area contributed by atoms with Gasteiger partial charge in [0.05, 0.1) is 9.98 Å². The standard InChI is InChI=1S/C10H6BrNOS/c11-9-5-12-10(14-9)8-3-1-7(6-13)2-4-8/h1-6H. The summed E-state index contributed by atoms with van der Waals surface area (Å²) >= 11 is 4.93. The van der Waals surface area contributed by atoms with Crippen LogP contribution in [0.1, 0.15) is 10.4 Å². The molecule has 70 valence electrons. The Bertz CT molecular complexity index is 449. The Morgan fingerprint density at radius 1 is 1.29 bits per heavy atom. The number of nitrogens with zero attached hydrogens (tertiary/aromatic N) is 1. The van der Waals surface area contributed by atoms with Crippen molar-refractivity contribution in [2.75, 3.05) is 0 Å². The smallest absolute Gasteiger partial charge is 0.150 e. The SMILES string of the molecule is O=Cc1ccc(-c2ncc(Br)s2)cc1. The maximum absolute atomic E-state index is 10.4. The van der Waals surface area contributed by atoms with Crippen LogP contribution in [0.25, 0.3) is 10.6 Å². The first-order valence-corrected chi connectivity index (χ1v) is 5.57. The second-order valence-electron chi connectivity index (χ2n) is 2.71. The molecule has 14 heavy (non-hydrogen) atoms. The number of carbonyl (C=O) groups is 1. The lowest BCUT2D eigenvalue weighted by Crippen LogP contribution is -1.79.